The van der Waals surface area contributed by atoms with E-state index in [1.165, 1.54) is 45.1 Å². The van der Waals surface area contributed by atoms with Gasteiger partial charge in [0.05, 0.1) is 0 Å². The average Bonchev–Trinajstić information content (AvgIpc) is 2.35. The van der Waals surface area contributed by atoms with E-state index in [1.807, 2.05) is 0 Å². The van der Waals surface area contributed by atoms with Crippen LogP contribution in [0, 0.1) is 5.92 Å². The molecule has 102 valence electrons. The van der Waals surface area contributed by atoms with Crippen LogP contribution in [-0.4, -0.2) is 29.6 Å². The third-order valence-corrected chi connectivity index (χ3v) is 4.58. The van der Waals surface area contributed by atoms with Crippen molar-refractivity contribution in [3.63, 3.8) is 0 Å². The summed E-state index contributed by atoms with van der Waals surface area (Å²) in [5.41, 5.74) is 6.48. The molecule has 2 heteroatoms. The van der Waals surface area contributed by atoms with Crippen LogP contribution in [0.25, 0.3) is 0 Å². The van der Waals surface area contributed by atoms with Gasteiger partial charge in [-0.15, -0.1) is 0 Å². The SMILES string of the molecule is CCCN(C(C)C)C1(CN)CCCC(CC)C1. The fourth-order valence-electron chi connectivity index (χ4n) is 3.66. The zero-order valence-electron chi connectivity index (χ0n) is 12.3. The molecule has 0 bridgehead atoms. The highest BCUT2D eigenvalue weighted by molar-refractivity contribution is 4.97. The van der Waals surface area contributed by atoms with Gasteiger partial charge in [0.2, 0.25) is 0 Å². The molecule has 0 amide bonds. The Hall–Kier alpha value is -0.0800. The summed E-state index contributed by atoms with van der Waals surface area (Å²) in [6.45, 7) is 11.3. The summed E-state index contributed by atoms with van der Waals surface area (Å²) < 4.78 is 0. The van der Waals surface area contributed by atoms with Gasteiger partial charge in [-0.2, -0.15) is 0 Å². The molecule has 2 atom stereocenters. The Morgan fingerprint density at radius 1 is 1.35 bits per heavy atom. The second-order valence-corrected chi connectivity index (χ2v) is 6.09. The molecule has 1 aliphatic carbocycles. The van der Waals surface area contributed by atoms with Gasteiger partial charge in [-0.3, -0.25) is 4.90 Å². The molecule has 2 nitrogen and oxygen atoms in total. The van der Waals surface area contributed by atoms with Crippen molar-refractivity contribution < 1.29 is 0 Å². The van der Waals surface area contributed by atoms with Gasteiger partial charge in [0, 0.05) is 18.1 Å². The quantitative estimate of drug-likeness (QED) is 0.771. The maximum atomic E-state index is 6.18. The highest BCUT2D eigenvalue weighted by Gasteiger charge is 2.40. The van der Waals surface area contributed by atoms with Crippen molar-refractivity contribution in [2.45, 2.75) is 77.8 Å². The lowest BCUT2D eigenvalue weighted by Gasteiger charge is -2.50. The molecule has 0 aromatic rings. The van der Waals surface area contributed by atoms with E-state index in [9.17, 15) is 0 Å². The largest absolute Gasteiger partial charge is 0.329 e. The van der Waals surface area contributed by atoms with Crippen molar-refractivity contribution in [3.8, 4) is 0 Å². The topological polar surface area (TPSA) is 29.3 Å². The van der Waals surface area contributed by atoms with Gasteiger partial charge in [0.15, 0.2) is 0 Å². The van der Waals surface area contributed by atoms with Gasteiger partial charge in [-0.05, 0) is 45.6 Å². The van der Waals surface area contributed by atoms with Crippen molar-refractivity contribution >= 4 is 0 Å². The van der Waals surface area contributed by atoms with Gasteiger partial charge in [0.1, 0.15) is 0 Å². The summed E-state index contributed by atoms with van der Waals surface area (Å²) in [5.74, 6) is 0.894. The second-order valence-electron chi connectivity index (χ2n) is 6.09. The predicted molar refractivity (Wildman–Crippen MR) is 76.2 cm³/mol. The first-order valence-electron chi connectivity index (χ1n) is 7.56. The predicted octanol–water partition coefficient (Wildman–Crippen LogP) is 3.40. The molecular weight excluding hydrogens is 208 g/mol. The summed E-state index contributed by atoms with van der Waals surface area (Å²) in [5, 5.41) is 0. The van der Waals surface area contributed by atoms with Crippen molar-refractivity contribution in [2.75, 3.05) is 13.1 Å². The third kappa shape index (κ3) is 3.45. The lowest BCUT2D eigenvalue weighted by molar-refractivity contribution is 0.0113. The molecular formula is C15H32N2. The Morgan fingerprint density at radius 3 is 2.53 bits per heavy atom. The van der Waals surface area contributed by atoms with E-state index in [1.54, 1.807) is 0 Å². The van der Waals surface area contributed by atoms with E-state index >= 15 is 0 Å². The Kier molecular flexibility index (Phi) is 5.94. The lowest BCUT2D eigenvalue weighted by Crippen LogP contribution is -2.58. The molecule has 0 aromatic carbocycles. The molecule has 0 radical (unpaired) electrons. The molecule has 1 saturated carbocycles. The summed E-state index contributed by atoms with van der Waals surface area (Å²) >= 11 is 0. The number of hydrogen-bond acceptors (Lipinski definition) is 2. The Morgan fingerprint density at radius 2 is 2.06 bits per heavy atom. The van der Waals surface area contributed by atoms with Crippen LogP contribution in [0.3, 0.4) is 0 Å². The first-order valence-corrected chi connectivity index (χ1v) is 7.56. The maximum Gasteiger partial charge on any atom is 0.0337 e. The normalized spacial score (nSPS) is 30.2. The zero-order valence-corrected chi connectivity index (χ0v) is 12.3. The molecule has 2 unspecified atom stereocenters. The summed E-state index contributed by atoms with van der Waals surface area (Å²) in [7, 11) is 0. The number of nitrogens with zero attached hydrogens (tertiary/aromatic N) is 1. The van der Waals surface area contributed by atoms with Crippen LogP contribution in [-0.2, 0) is 0 Å². The molecule has 1 aliphatic rings. The van der Waals surface area contributed by atoms with E-state index in [4.69, 9.17) is 5.73 Å². The van der Waals surface area contributed by atoms with E-state index in [0.717, 1.165) is 12.5 Å². The minimum absolute atomic E-state index is 0.295. The van der Waals surface area contributed by atoms with Gasteiger partial charge >= 0.3 is 0 Å². The Balaban J connectivity index is 2.83. The van der Waals surface area contributed by atoms with Crippen LogP contribution in [0.4, 0.5) is 0 Å². The molecule has 0 aromatic heterocycles. The fraction of sp³-hybridized carbons (Fsp3) is 1.00. The number of hydrogen-bond donors (Lipinski definition) is 1. The van der Waals surface area contributed by atoms with Gasteiger partial charge in [-0.25, -0.2) is 0 Å². The van der Waals surface area contributed by atoms with Gasteiger partial charge in [-0.1, -0.05) is 33.1 Å². The molecule has 0 aliphatic heterocycles. The van der Waals surface area contributed by atoms with Crippen LogP contribution in [0.2, 0.25) is 0 Å². The van der Waals surface area contributed by atoms with Crippen molar-refractivity contribution in [3.05, 3.63) is 0 Å². The minimum atomic E-state index is 0.295. The van der Waals surface area contributed by atoms with E-state index in [-0.39, 0.29) is 0 Å². The molecule has 0 saturated heterocycles. The Labute approximate surface area is 108 Å². The number of nitrogens with two attached hydrogens (primary N) is 1. The monoisotopic (exact) mass is 240 g/mol. The van der Waals surface area contributed by atoms with Crippen LogP contribution < -0.4 is 5.73 Å². The molecule has 2 N–H and O–H groups in total. The first kappa shape index (κ1) is 15.0. The highest BCUT2D eigenvalue weighted by atomic mass is 15.2. The summed E-state index contributed by atoms with van der Waals surface area (Å²) in [4.78, 5) is 2.69. The highest BCUT2D eigenvalue weighted by Crippen LogP contribution is 2.38. The van der Waals surface area contributed by atoms with Gasteiger partial charge < -0.3 is 5.73 Å². The van der Waals surface area contributed by atoms with Crippen LogP contribution in [0.1, 0.15) is 66.2 Å². The maximum absolute atomic E-state index is 6.18. The fourth-order valence-corrected chi connectivity index (χ4v) is 3.66. The van der Waals surface area contributed by atoms with E-state index < -0.39 is 0 Å². The molecule has 0 heterocycles. The summed E-state index contributed by atoms with van der Waals surface area (Å²) in [6.07, 6.45) is 7.95. The average molecular weight is 240 g/mol. The lowest BCUT2D eigenvalue weighted by atomic mass is 9.73. The molecule has 1 fully saturated rings. The standard InChI is InChI=1S/C15H32N2/c1-5-10-17(13(3)4)15(12-16)9-7-8-14(6-2)11-15/h13-14H,5-12,16H2,1-4H3. The second kappa shape index (κ2) is 6.75. The Bertz CT molecular complexity index is 215. The first-order chi connectivity index (χ1) is 8.09. The minimum Gasteiger partial charge on any atom is -0.329 e. The van der Waals surface area contributed by atoms with Crippen molar-refractivity contribution in [2.24, 2.45) is 11.7 Å². The third-order valence-electron chi connectivity index (χ3n) is 4.58. The molecule has 17 heavy (non-hydrogen) atoms. The molecule has 0 spiro atoms. The molecule has 1 rings (SSSR count). The number of rotatable bonds is 6. The van der Waals surface area contributed by atoms with E-state index in [2.05, 4.69) is 32.6 Å². The smallest absolute Gasteiger partial charge is 0.0337 e. The summed E-state index contributed by atoms with van der Waals surface area (Å²) in [6, 6.07) is 0.620. The van der Waals surface area contributed by atoms with Gasteiger partial charge in [0.25, 0.3) is 0 Å². The van der Waals surface area contributed by atoms with Crippen LogP contribution >= 0.6 is 0 Å². The van der Waals surface area contributed by atoms with Crippen molar-refractivity contribution in [1.82, 2.24) is 4.90 Å². The van der Waals surface area contributed by atoms with Crippen molar-refractivity contribution in [1.29, 1.82) is 0 Å². The van der Waals surface area contributed by atoms with Crippen LogP contribution in [0.15, 0.2) is 0 Å². The van der Waals surface area contributed by atoms with E-state index in [0.29, 0.717) is 11.6 Å². The van der Waals surface area contributed by atoms with Crippen LogP contribution in [0.5, 0.6) is 0 Å². The zero-order chi connectivity index (χ0) is 12.9.